The summed E-state index contributed by atoms with van der Waals surface area (Å²) in [4.78, 5) is 24.8. The number of imide groups is 1. The maximum Gasteiger partial charge on any atom is 0.233 e. The molecule has 0 aromatic heterocycles. The quantitative estimate of drug-likeness (QED) is 0.766. The van der Waals surface area contributed by atoms with Gasteiger partial charge >= 0.3 is 0 Å². The van der Waals surface area contributed by atoms with E-state index in [1.54, 1.807) is 18.2 Å². The molecule has 5 heteroatoms. The van der Waals surface area contributed by atoms with E-state index >= 15 is 0 Å². The smallest absolute Gasteiger partial charge is 0.233 e. The number of methoxy groups -OCH3 is 2. The van der Waals surface area contributed by atoms with Crippen LogP contribution in [0.2, 0.25) is 0 Å². The van der Waals surface area contributed by atoms with Crippen molar-refractivity contribution in [3.8, 4) is 11.5 Å². The normalized spacial score (nSPS) is 15.8. The molecule has 0 spiro atoms. The molecule has 1 aliphatic heterocycles. The Morgan fingerprint density at radius 3 is 2.17 bits per heavy atom. The van der Waals surface area contributed by atoms with Crippen molar-refractivity contribution in [2.75, 3.05) is 19.1 Å². The van der Waals surface area contributed by atoms with Crippen LogP contribution in [0.15, 0.2) is 18.2 Å². The number of piperidine rings is 1. The zero-order valence-electron chi connectivity index (χ0n) is 10.4. The molecule has 1 saturated heterocycles. The number of benzene rings is 1. The summed E-state index contributed by atoms with van der Waals surface area (Å²) in [7, 11) is 3.05. The molecule has 2 amide bonds. The molecule has 5 nitrogen and oxygen atoms in total. The Morgan fingerprint density at radius 2 is 1.61 bits per heavy atom. The Morgan fingerprint density at radius 1 is 1.00 bits per heavy atom. The molecule has 1 aromatic rings. The van der Waals surface area contributed by atoms with Gasteiger partial charge in [-0.1, -0.05) is 0 Å². The van der Waals surface area contributed by atoms with E-state index in [1.165, 1.54) is 19.1 Å². The van der Waals surface area contributed by atoms with E-state index in [-0.39, 0.29) is 11.8 Å². The largest absolute Gasteiger partial charge is 0.493 e. The van der Waals surface area contributed by atoms with E-state index in [4.69, 9.17) is 9.47 Å². The highest BCUT2D eigenvalue weighted by molar-refractivity contribution is 6.16. The molecule has 0 atom stereocenters. The lowest BCUT2D eigenvalue weighted by atomic mass is 10.1. The first-order valence-corrected chi connectivity index (χ1v) is 5.75. The first-order valence-electron chi connectivity index (χ1n) is 5.75. The van der Waals surface area contributed by atoms with E-state index in [2.05, 4.69) is 0 Å². The Labute approximate surface area is 105 Å². The van der Waals surface area contributed by atoms with Gasteiger partial charge in [-0.15, -0.1) is 0 Å². The van der Waals surface area contributed by atoms with Gasteiger partial charge in [0.15, 0.2) is 11.5 Å². The summed E-state index contributed by atoms with van der Waals surface area (Å²) in [5, 5.41) is 0. The second-order valence-electron chi connectivity index (χ2n) is 4.02. The number of rotatable bonds is 3. The average Bonchev–Trinajstić information content (AvgIpc) is 2.38. The van der Waals surface area contributed by atoms with Crippen molar-refractivity contribution in [2.24, 2.45) is 0 Å². The van der Waals surface area contributed by atoms with Crippen molar-refractivity contribution >= 4 is 17.5 Å². The number of hydrogen-bond acceptors (Lipinski definition) is 4. The van der Waals surface area contributed by atoms with Crippen LogP contribution in [0.3, 0.4) is 0 Å². The lowest BCUT2D eigenvalue weighted by Gasteiger charge is -2.25. The molecule has 1 heterocycles. The van der Waals surface area contributed by atoms with Crippen molar-refractivity contribution < 1.29 is 19.1 Å². The summed E-state index contributed by atoms with van der Waals surface area (Å²) in [6, 6.07) is 5.01. The molecule has 0 bridgehead atoms. The van der Waals surface area contributed by atoms with Gasteiger partial charge in [0, 0.05) is 18.9 Å². The van der Waals surface area contributed by atoms with Gasteiger partial charge < -0.3 is 9.47 Å². The standard InChI is InChI=1S/C13H15NO4/c1-17-10-7-6-9(8-11(10)18-2)14-12(15)4-3-5-13(14)16/h6-8H,3-5H2,1-2H3. The maximum atomic E-state index is 11.8. The average molecular weight is 249 g/mol. The van der Waals surface area contributed by atoms with Gasteiger partial charge in [0.2, 0.25) is 11.8 Å². The fourth-order valence-electron chi connectivity index (χ4n) is 2.01. The van der Waals surface area contributed by atoms with Gasteiger partial charge in [0.25, 0.3) is 0 Å². The number of nitrogens with zero attached hydrogens (tertiary/aromatic N) is 1. The zero-order valence-corrected chi connectivity index (χ0v) is 10.4. The van der Waals surface area contributed by atoms with Gasteiger partial charge in [0.1, 0.15) is 0 Å². The monoisotopic (exact) mass is 249 g/mol. The summed E-state index contributed by atoms with van der Waals surface area (Å²) in [6.07, 6.45) is 1.43. The summed E-state index contributed by atoms with van der Waals surface area (Å²) in [6.45, 7) is 0. The Kier molecular flexibility index (Phi) is 3.50. The molecule has 0 aliphatic carbocycles. The molecular formula is C13H15NO4. The van der Waals surface area contributed by atoms with Crippen molar-refractivity contribution in [3.63, 3.8) is 0 Å². The van der Waals surface area contributed by atoms with Crippen LogP contribution in [0.25, 0.3) is 0 Å². The van der Waals surface area contributed by atoms with E-state index in [0.717, 1.165) is 0 Å². The first kappa shape index (κ1) is 12.4. The number of carbonyl (C=O) groups excluding carboxylic acids is 2. The van der Waals surface area contributed by atoms with Crippen LogP contribution in [0.1, 0.15) is 19.3 Å². The molecule has 1 fully saturated rings. The number of ether oxygens (including phenoxy) is 2. The topological polar surface area (TPSA) is 55.8 Å². The summed E-state index contributed by atoms with van der Waals surface area (Å²) in [5.41, 5.74) is 0.530. The third-order valence-corrected chi connectivity index (χ3v) is 2.91. The van der Waals surface area contributed by atoms with Crippen LogP contribution in [-0.2, 0) is 9.59 Å². The minimum absolute atomic E-state index is 0.168. The van der Waals surface area contributed by atoms with Crippen molar-refractivity contribution in [1.29, 1.82) is 0 Å². The number of hydrogen-bond donors (Lipinski definition) is 0. The van der Waals surface area contributed by atoms with E-state index < -0.39 is 0 Å². The lowest BCUT2D eigenvalue weighted by Crippen LogP contribution is -2.40. The van der Waals surface area contributed by atoms with Crippen LogP contribution in [0.5, 0.6) is 11.5 Å². The number of carbonyl (C=O) groups is 2. The predicted octanol–water partition coefficient (Wildman–Crippen LogP) is 1.75. The fraction of sp³-hybridized carbons (Fsp3) is 0.385. The van der Waals surface area contributed by atoms with Gasteiger partial charge in [-0.25, -0.2) is 0 Å². The highest BCUT2D eigenvalue weighted by Crippen LogP contribution is 2.33. The third kappa shape index (κ3) is 2.16. The highest BCUT2D eigenvalue weighted by Gasteiger charge is 2.27. The molecular weight excluding hydrogens is 234 g/mol. The molecule has 1 aliphatic rings. The van der Waals surface area contributed by atoms with Gasteiger partial charge in [-0.3, -0.25) is 14.5 Å². The summed E-state index contributed by atoms with van der Waals surface area (Å²) >= 11 is 0. The minimum atomic E-state index is -0.168. The highest BCUT2D eigenvalue weighted by atomic mass is 16.5. The molecule has 0 saturated carbocycles. The van der Waals surface area contributed by atoms with Crippen LogP contribution >= 0.6 is 0 Å². The van der Waals surface area contributed by atoms with Crippen LogP contribution in [0.4, 0.5) is 5.69 Å². The van der Waals surface area contributed by atoms with E-state index in [0.29, 0.717) is 36.4 Å². The van der Waals surface area contributed by atoms with Crippen molar-refractivity contribution in [2.45, 2.75) is 19.3 Å². The number of amides is 2. The minimum Gasteiger partial charge on any atom is -0.493 e. The molecule has 18 heavy (non-hydrogen) atoms. The summed E-state index contributed by atoms with van der Waals surface area (Å²) < 4.78 is 10.3. The SMILES string of the molecule is COc1ccc(N2C(=O)CCCC2=O)cc1OC. The predicted molar refractivity (Wildman–Crippen MR) is 65.9 cm³/mol. The van der Waals surface area contributed by atoms with Crippen LogP contribution < -0.4 is 14.4 Å². The second-order valence-corrected chi connectivity index (χ2v) is 4.02. The Hall–Kier alpha value is -2.04. The molecule has 1 aromatic carbocycles. The Bertz CT molecular complexity index is 468. The third-order valence-electron chi connectivity index (χ3n) is 2.91. The Balaban J connectivity index is 2.38. The van der Waals surface area contributed by atoms with Crippen LogP contribution in [-0.4, -0.2) is 26.0 Å². The van der Waals surface area contributed by atoms with E-state index in [1.807, 2.05) is 0 Å². The molecule has 0 unspecified atom stereocenters. The summed E-state index contributed by atoms with van der Waals surface area (Å²) in [5.74, 6) is 0.733. The molecule has 96 valence electrons. The van der Waals surface area contributed by atoms with Crippen molar-refractivity contribution in [3.05, 3.63) is 18.2 Å². The maximum absolute atomic E-state index is 11.8. The first-order chi connectivity index (χ1) is 8.67. The fourth-order valence-corrected chi connectivity index (χ4v) is 2.01. The van der Waals surface area contributed by atoms with Gasteiger partial charge in [0.05, 0.1) is 19.9 Å². The second kappa shape index (κ2) is 5.08. The van der Waals surface area contributed by atoms with Gasteiger partial charge in [-0.05, 0) is 18.6 Å². The van der Waals surface area contributed by atoms with Crippen molar-refractivity contribution in [1.82, 2.24) is 0 Å². The molecule has 0 N–H and O–H groups in total. The van der Waals surface area contributed by atoms with Gasteiger partial charge in [-0.2, -0.15) is 0 Å². The number of anilines is 1. The van der Waals surface area contributed by atoms with Crippen LogP contribution in [0, 0.1) is 0 Å². The lowest BCUT2D eigenvalue weighted by molar-refractivity contribution is -0.129. The zero-order chi connectivity index (χ0) is 13.1. The molecule has 0 radical (unpaired) electrons. The molecule has 2 rings (SSSR count). The van der Waals surface area contributed by atoms with E-state index in [9.17, 15) is 9.59 Å².